The van der Waals surface area contributed by atoms with Gasteiger partial charge in [0.1, 0.15) is 0 Å². The van der Waals surface area contributed by atoms with Crippen LogP contribution in [0, 0.1) is 5.92 Å². The van der Waals surface area contributed by atoms with Crippen LogP contribution in [0.5, 0.6) is 0 Å². The first kappa shape index (κ1) is 18.4. The first-order chi connectivity index (χ1) is 12.8. The number of hydrogen-bond acceptors (Lipinski definition) is 4. The van der Waals surface area contributed by atoms with E-state index in [1.807, 2.05) is 30.3 Å². The van der Waals surface area contributed by atoms with Gasteiger partial charge >= 0.3 is 0 Å². The van der Waals surface area contributed by atoms with Crippen LogP contribution < -0.4 is 10.8 Å². The van der Waals surface area contributed by atoms with Crippen molar-refractivity contribution in [2.75, 3.05) is 11.9 Å². The number of para-hydroxylation sites is 1. The SMILES string of the molecule is O=C(NOCCCC1CCCC1)c1ccccc1NCc1ccncc1. The van der Waals surface area contributed by atoms with E-state index in [0.29, 0.717) is 18.7 Å². The number of anilines is 1. The maximum atomic E-state index is 12.4. The van der Waals surface area contributed by atoms with Gasteiger partial charge in [0.2, 0.25) is 0 Å². The number of hydrogen-bond donors (Lipinski definition) is 2. The van der Waals surface area contributed by atoms with Gasteiger partial charge in [0.15, 0.2) is 0 Å². The van der Waals surface area contributed by atoms with Crippen molar-refractivity contribution in [2.24, 2.45) is 5.92 Å². The number of benzene rings is 1. The largest absolute Gasteiger partial charge is 0.380 e. The van der Waals surface area contributed by atoms with Crippen molar-refractivity contribution in [3.05, 3.63) is 59.9 Å². The highest BCUT2D eigenvalue weighted by atomic mass is 16.6. The van der Waals surface area contributed by atoms with Gasteiger partial charge < -0.3 is 5.32 Å². The number of hydroxylamine groups is 1. The van der Waals surface area contributed by atoms with Crippen molar-refractivity contribution in [3.63, 3.8) is 0 Å². The van der Waals surface area contributed by atoms with Gasteiger partial charge in [-0.1, -0.05) is 37.8 Å². The molecule has 5 nitrogen and oxygen atoms in total. The molecule has 1 saturated carbocycles. The molecule has 0 bridgehead atoms. The van der Waals surface area contributed by atoms with Crippen molar-refractivity contribution in [3.8, 4) is 0 Å². The number of nitrogens with one attached hydrogen (secondary N) is 2. The molecule has 0 saturated heterocycles. The third-order valence-corrected chi connectivity index (χ3v) is 4.90. The maximum Gasteiger partial charge on any atom is 0.276 e. The Morgan fingerprint density at radius 1 is 1.12 bits per heavy atom. The third kappa shape index (κ3) is 5.56. The summed E-state index contributed by atoms with van der Waals surface area (Å²) in [6.07, 6.45) is 11.1. The molecule has 1 aromatic heterocycles. The molecule has 1 amide bonds. The molecule has 1 aliphatic carbocycles. The van der Waals surface area contributed by atoms with Gasteiger partial charge in [-0.3, -0.25) is 14.6 Å². The highest BCUT2D eigenvalue weighted by Crippen LogP contribution is 2.28. The quantitative estimate of drug-likeness (QED) is 0.520. The Hall–Kier alpha value is -2.40. The summed E-state index contributed by atoms with van der Waals surface area (Å²) in [4.78, 5) is 21.8. The zero-order valence-electron chi connectivity index (χ0n) is 15.1. The molecule has 0 aliphatic heterocycles. The smallest absolute Gasteiger partial charge is 0.276 e. The zero-order valence-corrected chi connectivity index (χ0v) is 15.1. The summed E-state index contributed by atoms with van der Waals surface area (Å²) in [5.41, 5.74) is 5.05. The molecule has 0 atom stereocenters. The molecule has 1 heterocycles. The van der Waals surface area contributed by atoms with E-state index in [1.54, 1.807) is 18.5 Å². The molecule has 1 aromatic carbocycles. The summed E-state index contributed by atoms with van der Waals surface area (Å²) < 4.78 is 0. The Bertz CT molecular complexity index is 685. The fraction of sp³-hybridized carbons (Fsp3) is 0.429. The number of rotatable bonds is 9. The molecule has 0 unspecified atom stereocenters. The number of pyridine rings is 1. The lowest BCUT2D eigenvalue weighted by Crippen LogP contribution is -2.25. The molecule has 2 aromatic rings. The number of nitrogens with zero attached hydrogens (tertiary/aromatic N) is 1. The van der Waals surface area contributed by atoms with E-state index in [4.69, 9.17) is 4.84 Å². The van der Waals surface area contributed by atoms with Crippen molar-refractivity contribution < 1.29 is 9.63 Å². The van der Waals surface area contributed by atoms with Gasteiger partial charge in [-0.15, -0.1) is 0 Å². The molecular weight excluding hydrogens is 326 g/mol. The second-order valence-electron chi connectivity index (χ2n) is 6.83. The van der Waals surface area contributed by atoms with E-state index in [0.717, 1.165) is 23.6 Å². The van der Waals surface area contributed by atoms with Crippen LogP contribution in [0.1, 0.15) is 54.4 Å². The Kier molecular flexibility index (Phi) is 7.02. The van der Waals surface area contributed by atoms with E-state index >= 15 is 0 Å². The monoisotopic (exact) mass is 353 g/mol. The van der Waals surface area contributed by atoms with Gasteiger partial charge in [-0.05, 0) is 48.6 Å². The molecule has 0 spiro atoms. The summed E-state index contributed by atoms with van der Waals surface area (Å²) in [5.74, 6) is 0.635. The molecular formula is C21H27N3O2. The maximum absolute atomic E-state index is 12.4. The van der Waals surface area contributed by atoms with E-state index in [-0.39, 0.29) is 5.91 Å². The normalized spacial score (nSPS) is 14.3. The van der Waals surface area contributed by atoms with E-state index in [9.17, 15) is 4.79 Å². The number of carbonyl (C=O) groups excluding carboxylic acids is 1. The molecule has 138 valence electrons. The van der Waals surface area contributed by atoms with Gasteiger partial charge in [-0.2, -0.15) is 0 Å². The van der Waals surface area contributed by atoms with Gasteiger partial charge in [0.05, 0.1) is 12.2 Å². The van der Waals surface area contributed by atoms with Crippen LogP contribution in [0.15, 0.2) is 48.8 Å². The average molecular weight is 353 g/mol. The van der Waals surface area contributed by atoms with Crippen LogP contribution in [0.2, 0.25) is 0 Å². The minimum Gasteiger partial charge on any atom is -0.380 e. The van der Waals surface area contributed by atoms with E-state index < -0.39 is 0 Å². The third-order valence-electron chi connectivity index (χ3n) is 4.90. The average Bonchev–Trinajstić information content (AvgIpc) is 3.20. The second-order valence-corrected chi connectivity index (χ2v) is 6.83. The highest BCUT2D eigenvalue weighted by Gasteiger charge is 2.14. The second kappa shape index (κ2) is 9.92. The van der Waals surface area contributed by atoms with Crippen molar-refractivity contribution in [2.45, 2.75) is 45.1 Å². The van der Waals surface area contributed by atoms with Crippen LogP contribution in [0.4, 0.5) is 5.69 Å². The number of carbonyl (C=O) groups is 1. The van der Waals surface area contributed by atoms with Crippen molar-refractivity contribution >= 4 is 11.6 Å². The van der Waals surface area contributed by atoms with Gasteiger partial charge in [0.25, 0.3) is 5.91 Å². The van der Waals surface area contributed by atoms with Crippen LogP contribution in [0.3, 0.4) is 0 Å². The topological polar surface area (TPSA) is 63.2 Å². The number of aromatic nitrogens is 1. The Balaban J connectivity index is 1.44. The fourth-order valence-corrected chi connectivity index (χ4v) is 3.45. The molecule has 26 heavy (non-hydrogen) atoms. The molecule has 5 heteroatoms. The molecule has 1 fully saturated rings. The van der Waals surface area contributed by atoms with Crippen molar-refractivity contribution in [1.29, 1.82) is 0 Å². The van der Waals surface area contributed by atoms with Crippen LogP contribution in [-0.2, 0) is 11.4 Å². The molecule has 1 aliphatic rings. The molecule has 0 radical (unpaired) electrons. The highest BCUT2D eigenvalue weighted by molar-refractivity contribution is 5.98. The van der Waals surface area contributed by atoms with Crippen LogP contribution in [0.25, 0.3) is 0 Å². The lowest BCUT2D eigenvalue weighted by molar-refractivity contribution is 0.0289. The Labute approximate surface area is 155 Å². The summed E-state index contributed by atoms with van der Waals surface area (Å²) in [5, 5.41) is 3.30. The van der Waals surface area contributed by atoms with Crippen LogP contribution in [-0.4, -0.2) is 17.5 Å². The summed E-state index contributed by atoms with van der Waals surface area (Å²) in [6.45, 7) is 1.20. The van der Waals surface area contributed by atoms with E-state index in [1.165, 1.54) is 32.1 Å². The number of amides is 1. The lowest BCUT2D eigenvalue weighted by atomic mass is 10.0. The van der Waals surface area contributed by atoms with E-state index in [2.05, 4.69) is 15.8 Å². The minimum absolute atomic E-state index is 0.219. The summed E-state index contributed by atoms with van der Waals surface area (Å²) in [6, 6.07) is 11.4. The van der Waals surface area contributed by atoms with Crippen LogP contribution >= 0.6 is 0 Å². The standard InChI is InChI=1S/C21H27N3O2/c25-21(24-26-15-5-8-17-6-1-2-7-17)19-9-3-4-10-20(19)23-16-18-11-13-22-14-12-18/h3-4,9-14,17,23H,1-2,5-8,15-16H2,(H,24,25). The van der Waals surface area contributed by atoms with Gasteiger partial charge in [0, 0.05) is 24.6 Å². The van der Waals surface area contributed by atoms with Gasteiger partial charge in [-0.25, -0.2) is 5.48 Å². The minimum atomic E-state index is -0.219. The molecule has 2 N–H and O–H groups in total. The first-order valence-electron chi connectivity index (χ1n) is 9.47. The predicted octanol–water partition coefficient (Wildman–Crippen LogP) is 4.33. The Morgan fingerprint density at radius 2 is 1.88 bits per heavy atom. The summed E-state index contributed by atoms with van der Waals surface area (Å²) in [7, 11) is 0. The Morgan fingerprint density at radius 3 is 2.69 bits per heavy atom. The zero-order chi connectivity index (χ0) is 18.0. The fourth-order valence-electron chi connectivity index (χ4n) is 3.45. The predicted molar refractivity (Wildman–Crippen MR) is 103 cm³/mol. The molecule has 3 rings (SSSR count). The van der Waals surface area contributed by atoms with Crippen molar-refractivity contribution in [1.82, 2.24) is 10.5 Å². The summed E-state index contributed by atoms with van der Waals surface area (Å²) >= 11 is 0. The first-order valence-corrected chi connectivity index (χ1v) is 9.47. The lowest BCUT2D eigenvalue weighted by Gasteiger charge is -2.13.